The Morgan fingerprint density at radius 1 is 1.21 bits per heavy atom. The second-order valence-electron chi connectivity index (χ2n) is 3.88. The standard InChI is InChI=1S/C13H14N4O2/c14-17-11-5-6-15-12(7-11)13(19)16-10-3-1-9(8-18)2-4-10/h1-7,18H,8,14H2,(H,15,17)(H,16,19). The molecule has 0 radical (unpaired) electrons. The first-order chi connectivity index (χ1) is 9.22. The van der Waals surface area contributed by atoms with Gasteiger partial charge >= 0.3 is 0 Å². The number of nitrogens with zero attached hydrogens (tertiary/aromatic N) is 1. The number of hydrogen-bond acceptors (Lipinski definition) is 5. The quantitative estimate of drug-likeness (QED) is 0.486. The largest absolute Gasteiger partial charge is 0.392 e. The zero-order valence-electron chi connectivity index (χ0n) is 10.1. The second-order valence-corrected chi connectivity index (χ2v) is 3.88. The molecule has 0 saturated heterocycles. The van der Waals surface area contributed by atoms with Gasteiger partial charge in [0.15, 0.2) is 0 Å². The molecule has 2 rings (SSSR count). The molecule has 0 aliphatic carbocycles. The number of carbonyl (C=O) groups excluding carboxylic acids is 1. The summed E-state index contributed by atoms with van der Waals surface area (Å²) in [6.07, 6.45) is 1.50. The van der Waals surface area contributed by atoms with Crippen molar-refractivity contribution < 1.29 is 9.90 Å². The number of nitrogens with one attached hydrogen (secondary N) is 2. The normalized spacial score (nSPS) is 10.0. The van der Waals surface area contributed by atoms with Gasteiger partial charge in [-0.2, -0.15) is 0 Å². The van der Waals surface area contributed by atoms with Crippen LogP contribution in [0.3, 0.4) is 0 Å². The van der Waals surface area contributed by atoms with Gasteiger partial charge in [0.05, 0.1) is 12.3 Å². The Bertz CT molecular complexity index is 569. The molecule has 1 aromatic heterocycles. The van der Waals surface area contributed by atoms with Crippen LogP contribution in [0.2, 0.25) is 0 Å². The molecule has 1 heterocycles. The molecule has 0 fully saturated rings. The van der Waals surface area contributed by atoms with Crippen LogP contribution in [0, 0.1) is 0 Å². The Hall–Kier alpha value is -2.44. The van der Waals surface area contributed by atoms with E-state index >= 15 is 0 Å². The van der Waals surface area contributed by atoms with E-state index in [0.29, 0.717) is 11.4 Å². The first-order valence-electron chi connectivity index (χ1n) is 5.67. The number of rotatable bonds is 4. The van der Waals surface area contributed by atoms with Gasteiger partial charge in [-0.1, -0.05) is 12.1 Å². The van der Waals surface area contributed by atoms with Crippen LogP contribution in [-0.2, 0) is 6.61 Å². The summed E-state index contributed by atoms with van der Waals surface area (Å²) in [5.41, 5.74) is 4.74. The van der Waals surface area contributed by atoms with Crippen LogP contribution >= 0.6 is 0 Å². The summed E-state index contributed by atoms with van der Waals surface area (Å²) in [6, 6.07) is 10.1. The molecule has 6 heteroatoms. The van der Waals surface area contributed by atoms with E-state index in [4.69, 9.17) is 10.9 Å². The molecule has 2 aromatic rings. The zero-order valence-corrected chi connectivity index (χ0v) is 10.1. The monoisotopic (exact) mass is 258 g/mol. The summed E-state index contributed by atoms with van der Waals surface area (Å²) in [6.45, 7) is -0.0278. The molecule has 0 spiro atoms. The fourth-order valence-electron chi connectivity index (χ4n) is 1.53. The minimum Gasteiger partial charge on any atom is -0.392 e. The van der Waals surface area contributed by atoms with E-state index in [0.717, 1.165) is 5.56 Å². The molecule has 98 valence electrons. The average molecular weight is 258 g/mol. The summed E-state index contributed by atoms with van der Waals surface area (Å²) < 4.78 is 0. The molecule has 19 heavy (non-hydrogen) atoms. The van der Waals surface area contributed by atoms with Crippen molar-refractivity contribution in [1.29, 1.82) is 0 Å². The van der Waals surface area contributed by atoms with E-state index in [1.807, 2.05) is 0 Å². The highest BCUT2D eigenvalue weighted by Crippen LogP contribution is 2.12. The van der Waals surface area contributed by atoms with Crippen molar-refractivity contribution in [1.82, 2.24) is 4.98 Å². The van der Waals surface area contributed by atoms with Crippen LogP contribution in [0.1, 0.15) is 16.1 Å². The van der Waals surface area contributed by atoms with Crippen molar-refractivity contribution in [2.45, 2.75) is 6.61 Å². The third-order valence-electron chi connectivity index (χ3n) is 2.55. The van der Waals surface area contributed by atoms with Crippen LogP contribution < -0.4 is 16.6 Å². The number of anilines is 2. The summed E-state index contributed by atoms with van der Waals surface area (Å²) >= 11 is 0. The molecule has 1 amide bonds. The minimum atomic E-state index is -0.325. The van der Waals surface area contributed by atoms with Crippen LogP contribution in [0.25, 0.3) is 0 Å². The third-order valence-corrected chi connectivity index (χ3v) is 2.55. The Morgan fingerprint density at radius 3 is 2.58 bits per heavy atom. The van der Waals surface area contributed by atoms with E-state index in [9.17, 15) is 4.79 Å². The lowest BCUT2D eigenvalue weighted by Crippen LogP contribution is -2.15. The van der Waals surface area contributed by atoms with Gasteiger partial charge in [0, 0.05) is 11.9 Å². The van der Waals surface area contributed by atoms with Crippen LogP contribution in [0.4, 0.5) is 11.4 Å². The molecule has 0 atom stereocenters. The fourth-order valence-corrected chi connectivity index (χ4v) is 1.53. The molecule has 0 aliphatic rings. The zero-order chi connectivity index (χ0) is 13.7. The smallest absolute Gasteiger partial charge is 0.274 e. The lowest BCUT2D eigenvalue weighted by Gasteiger charge is -2.06. The Morgan fingerprint density at radius 2 is 1.95 bits per heavy atom. The number of hydrazine groups is 1. The lowest BCUT2D eigenvalue weighted by atomic mass is 10.2. The lowest BCUT2D eigenvalue weighted by molar-refractivity contribution is 0.102. The number of pyridine rings is 1. The maximum atomic E-state index is 11.9. The number of nitrogens with two attached hydrogens (primary N) is 1. The number of amides is 1. The summed E-state index contributed by atoms with van der Waals surface area (Å²) in [4.78, 5) is 15.9. The van der Waals surface area contributed by atoms with Crippen molar-refractivity contribution in [3.63, 3.8) is 0 Å². The number of carbonyl (C=O) groups is 1. The summed E-state index contributed by atoms with van der Waals surface area (Å²) in [7, 11) is 0. The first-order valence-corrected chi connectivity index (χ1v) is 5.67. The number of hydrogen-bond donors (Lipinski definition) is 4. The molecular formula is C13H14N4O2. The fraction of sp³-hybridized carbons (Fsp3) is 0.0769. The maximum absolute atomic E-state index is 11.9. The SMILES string of the molecule is NNc1ccnc(C(=O)Nc2ccc(CO)cc2)c1. The van der Waals surface area contributed by atoms with E-state index < -0.39 is 0 Å². The van der Waals surface area contributed by atoms with Crippen molar-refractivity contribution >= 4 is 17.3 Å². The Balaban J connectivity index is 2.11. The molecule has 5 N–H and O–H groups in total. The predicted octanol–water partition coefficient (Wildman–Crippen LogP) is 1.11. The van der Waals surface area contributed by atoms with E-state index in [1.165, 1.54) is 6.20 Å². The third kappa shape index (κ3) is 3.27. The molecule has 6 nitrogen and oxygen atoms in total. The molecule has 0 unspecified atom stereocenters. The Kier molecular flexibility index (Phi) is 4.07. The van der Waals surface area contributed by atoms with Gasteiger partial charge in [-0.3, -0.25) is 15.6 Å². The van der Waals surface area contributed by atoms with Gasteiger partial charge in [0.25, 0.3) is 5.91 Å². The van der Waals surface area contributed by atoms with Crippen LogP contribution in [0.5, 0.6) is 0 Å². The second kappa shape index (κ2) is 5.94. The van der Waals surface area contributed by atoms with Crippen molar-refractivity contribution in [3.8, 4) is 0 Å². The summed E-state index contributed by atoms with van der Waals surface area (Å²) in [5, 5.41) is 11.6. The van der Waals surface area contributed by atoms with E-state index in [2.05, 4.69) is 15.7 Å². The van der Waals surface area contributed by atoms with Crippen molar-refractivity contribution in [3.05, 3.63) is 53.9 Å². The van der Waals surface area contributed by atoms with Crippen LogP contribution in [-0.4, -0.2) is 16.0 Å². The highest BCUT2D eigenvalue weighted by Gasteiger charge is 2.08. The highest BCUT2D eigenvalue weighted by molar-refractivity contribution is 6.03. The van der Waals surface area contributed by atoms with E-state index in [-0.39, 0.29) is 18.2 Å². The number of benzene rings is 1. The Labute approximate surface area is 110 Å². The summed E-state index contributed by atoms with van der Waals surface area (Å²) in [5.74, 6) is 4.95. The van der Waals surface area contributed by atoms with Gasteiger partial charge < -0.3 is 15.8 Å². The maximum Gasteiger partial charge on any atom is 0.274 e. The minimum absolute atomic E-state index is 0.0278. The number of aliphatic hydroxyl groups excluding tert-OH is 1. The van der Waals surface area contributed by atoms with Crippen molar-refractivity contribution in [2.24, 2.45) is 5.84 Å². The number of nitrogen functional groups attached to an aromatic ring is 1. The molecular weight excluding hydrogens is 244 g/mol. The first kappa shape index (κ1) is 13.0. The molecule has 0 bridgehead atoms. The van der Waals surface area contributed by atoms with Crippen molar-refractivity contribution in [2.75, 3.05) is 10.7 Å². The van der Waals surface area contributed by atoms with Gasteiger partial charge in [-0.25, -0.2) is 0 Å². The average Bonchev–Trinajstić information content (AvgIpc) is 2.48. The molecule has 1 aromatic carbocycles. The van der Waals surface area contributed by atoms with E-state index in [1.54, 1.807) is 36.4 Å². The van der Waals surface area contributed by atoms with Gasteiger partial charge in [-0.15, -0.1) is 0 Å². The topological polar surface area (TPSA) is 100 Å². The predicted molar refractivity (Wildman–Crippen MR) is 72.4 cm³/mol. The highest BCUT2D eigenvalue weighted by atomic mass is 16.3. The van der Waals surface area contributed by atoms with Crippen LogP contribution in [0.15, 0.2) is 42.6 Å². The molecule has 0 aliphatic heterocycles. The molecule has 0 saturated carbocycles. The number of aromatic nitrogens is 1. The number of aliphatic hydroxyl groups is 1. The van der Waals surface area contributed by atoms with Gasteiger partial charge in [0.2, 0.25) is 0 Å². The van der Waals surface area contributed by atoms with Gasteiger partial charge in [-0.05, 0) is 29.8 Å². The van der Waals surface area contributed by atoms with Gasteiger partial charge in [0.1, 0.15) is 5.69 Å².